The second-order valence-electron chi connectivity index (χ2n) is 7.46. The SMILES string of the molecule is CC(C(=O)NCc1ccc(OC(C)(C)C)cc1C(F)(F)F)C1CNC1. The fourth-order valence-electron chi connectivity index (χ4n) is 2.61. The quantitative estimate of drug-likeness (QED) is 0.849. The number of ether oxygens (including phenoxy) is 1. The van der Waals surface area contributed by atoms with Gasteiger partial charge >= 0.3 is 6.18 Å². The number of amides is 1. The summed E-state index contributed by atoms with van der Waals surface area (Å²) in [4.78, 5) is 12.1. The number of alkyl halides is 3. The van der Waals surface area contributed by atoms with Crippen LogP contribution in [0.4, 0.5) is 13.2 Å². The summed E-state index contributed by atoms with van der Waals surface area (Å²) in [5, 5.41) is 5.70. The van der Waals surface area contributed by atoms with Crippen molar-refractivity contribution in [2.75, 3.05) is 13.1 Å². The Morgan fingerprint density at radius 3 is 2.44 bits per heavy atom. The zero-order chi connectivity index (χ0) is 18.8. The smallest absolute Gasteiger partial charge is 0.416 e. The molecular weight excluding hydrogens is 333 g/mol. The van der Waals surface area contributed by atoms with E-state index in [4.69, 9.17) is 4.74 Å². The van der Waals surface area contributed by atoms with Crippen molar-refractivity contribution in [1.82, 2.24) is 10.6 Å². The summed E-state index contributed by atoms with van der Waals surface area (Å²) >= 11 is 0. The first-order chi connectivity index (χ1) is 11.5. The maximum Gasteiger partial charge on any atom is 0.416 e. The second kappa shape index (κ2) is 7.23. The number of hydrogen-bond donors (Lipinski definition) is 2. The number of rotatable bonds is 5. The van der Waals surface area contributed by atoms with Crippen molar-refractivity contribution in [3.05, 3.63) is 29.3 Å². The minimum absolute atomic E-state index is 0.0287. The minimum Gasteiger partial charge on any atom is -0.488 e. The molecule has 1 aliphatic heterocycles. The van der Waals surface area contributed by atoms with E-state index in [-0.39, 0.29) is 35.6 Å². The Morgan fingerprint density at radius 1 is 1.32 bits per heavy atom. The zero-order valence-corrected chi connectivity index (χ0v) is 15.0. The van der Waals surface area contributed by atoms with Crippen LogP contribution in [0.3, 0.4) is 0 Å². The van der Waals surface area contributed by atoms with Gasteiger partial charge in [-0.05, 0) is 57.5 Å². The summed E-state index contributed by atoms with van der Waals surface area (Å²) in [7, 11) is 0. The lowest BCUT2D eigenvalue weighted by Gasteiger charge is -2.31. The summed E-state index contributed by atoms with van der Waals surface area (Å²) < 4.78 is 45.6. The molecule has 1 aromatic carbocycles. The van der Waals surface area contributed by atoms with Crippen LogP contribution in [-0.2, 0) is 17.5 Å². The van der Waals surface area contributed by atoms with E-state index in [1.54, 1.807) is 27.7 Å². The molecule has 1 amide bonds. The van der Waals surface area contributed by atoms with E-state index in [2.05, 4.69) is 10.6 Å². The number of benzene rings is 1. The first-order valence-corrected chi connectivity index (χ1v) is 8.35. The van der Waals surface area contributed by atoms with Gasteiger partial charge < -0.3 is 15.4 Å². The highest BCUT2D eigenvalue weighted by Gasteiger charge is 2.34. The molecule has 0 saturated carbocycles. The molecule has 1 aromatic rings. The molecule has 0 aliphatic carbocycles. The molecule has 1 aliphatic rings. The third-order valence-corrected chi connectivity index (χ3v) is 4.20. The summed E-state index contributed by atoms with van der Waals surface area (Å²) in [6.45, 7) is 8.48. The third kappa shape index (κ3) is 5.36. The van der Waals surface area contributed by atoms with Crippen LogP contribution in [0.5, 0.6) is 5.75 Å². The van der Waals surface area contributed by atoms with Gasteiger partial charge in [0.2, 0.25) is 5.91 Å². The molecule has 25 heavy (non-hydrogen) atoms. The van der Waals surface area contributed by atoms with Crippen LogP contribution in [0.1, 0.15) is 38.8 Å². The fourth-order valence-corrected chi connectivity index (χ4v) is 2.61. The van der Waals surface area contributed by atoms with Crippen LogP contribution in [0.25, 0.3) is 0 Å². The zero-order valence-electron chi connectivity index (χ0n) is 15.0. The van der Waals surface area contributed by atoms with Crippen LogP contribution < -0.4 is 15.4 Å². The number of carbonyl (C=O) groups excluding carboxylic acids is 1. The fraction of sp³-hybridized carbons (Fsp3) is 0.611. The van der Waals surface area contributed by atoms with Crippen molar-refractivity contribution in [2.45, 2.75) is 46.0 Å². The van der Waals surface area contributed by atoms with Crippen LogP contribution in [0.15, 0.2) is 18.2 Å². The monoisotopic (exact) mass is 358 g/mol. The highest BCUT2D eigenvalue weighted by molar-refractivity contribution is 5.78. The van der Waals surface area contributed by atoms with Crippen LogP contribution in [0.2, 0.25) is 0 Å². The second-order valence-corrected chi connectivity index (χ2v) is 7.46. The molecule has 0 aromatic heterocycles. The van der Waals surface area contributed by atoms with Gasteiger partial charge in [0.1, 0.15) is 11.4 Å². The Kier molecular flexibility index (Phi) is 5.66. The number of hydrogen-bond acceptors (Lipinski definition) is 3. The van der Waals surface area contributed by atoms with E-state index >= 15 is 0 Å². The van der Waals surface area contributed by atoms with Crippen molar-refractivity contribution in [3.63, 3.8) is 0 Å². The summed E-state index contributed by atoms with van der Waals surface area (Å²) in [5.74, 6) is -0.0535. The molecule has 1 atom stereocenters. The predicted molar refractivity (Wildman–Crippen MR) is 89.2 cm³/mol. The van der Waals surface area contributed by atoms with Gasteiger partial charge in [0.05, 0.1) is 5.56 Å². The van der Waals surface area contributed by atoms with Crippen molar-refractivity contribution in [3.8, 4) is 5.75 Å². The molecular formula is C18H25F3N2O2. The van der Waals surface area contributed by atoms with Crippen LogP contribution >= 0.6 is 0 Å². The predicted octanol–water partition coefficient (Wildman–Crippen LogP) is 3.35. The molecule has 1 unspecified atom stereocenters. The topological polar surface area (TPSA) is 50.4 Å². The standard InChI is InChI=1S/C18H25F3N2O2/c1-11(13-8-22-9-13)16(24)23-10-12-5-6-14(25-17(2,3)4)7-15(12)18(19,20)21/h5-7,11,13,22H,8-10H2,1-4H3,(H,23,24). The lowest BCUT2D eigenvalue weighted by molar-refractivity contribution is -0.138. The molecule has 4 nitrogen and oxygen atoms in total. The molecule has 1 heterocycles. The van der Waals surface area contributed by atoms with E-state index < -0.39 is 17.3 Å². The Hall–Kier alpha value is -1.76. The van der Waals surface area contributed by atoms with Gasteiger partial charge in [0.15, 0.2) is 0 Å². The van der Waals surface area contributed by atoms with Gasteiger partial charge in [0, 0.05) is 12.5 Å². The largest absolute Gasteiger partial charge is 0.488 e. The van der Waals surface area contributed by atoms with Gasteiger partial charge in [0.25, 0.3) is 0 Å². The molecule has 0 spiro atoms. The average Bonchev–Trinajstić information content (AvgIpc) is 2.40. The van der Waals surface area contributed by atoms with Gasteiger partial charge in [-0.1, -0.05) is 13.0 Å². The molecule has 7 heteroatoms. The van der Waals surface area contributed by atoms with Crippen molar-refractivity contribution in [1.29, 1.82) is 0 Å². The molecule has 0 bridgehead atoms. The lowest BCUT2D eigenvalue weighted by Crippen LogP contribution is -2.49. The minimum atomic E-state index is -4.51. The molecule has 1 fully saturated rings. The Morgan fingerprint density at radius 2 is 1.96 bits per heavy atom. The van der Waals surface area contributed by atoms with Gasteiger partial charge in [-0.2, -0.15) is 13.2 Å². The number of carbonyl (C=O) groups is 1. The van der Waals surface area contributed by atoms with Crippen molar-refractivity contribution in [2.24, 2.45) is 11.8 Å². The van der Waals surface area contributed by atoms with Crippen LogP contribution in [-0.4, -0.2) is 24.6 Å². The summed E-state index contributed by atoms with van der Waals surface area (Å²) in [5.41, 5.74) is -1.35. The van der Waals surface area contributed by atoms with Gasteiger partial charge in [-0.15, -0.1) is 0 Å². The normalized spacial score (nSPS) is 16.9. The molecule has 140 valence electrons. The van der Waals surface area contributed by atoms with Crippen LogP contribution in [0, 0.1) is 11.8 Å². The highest BCUT2D eigenvalue weighted by atomic mass is 19.4. The van der Waals surface area contributed by atoms with E-state index in [0.717, 1.165) is 19.2 Å². The Bertz CT molecular complexity index is 620. The first kappa shape index (κ1) is 19.6. The maximum absolute atomic E-state index is 13.4. The van der Waals surface area contributed by atoms with E-state index in [1.165, 1.54) is 12.1 Å². The molecule has 1 saturated heterocycles. The first-order valence-electron chi connectivity index (χ1n) is 8.35. The highest BCUT2D eigenvalue weighted by Crippen LogP contribution is 2.35. The number of halogens is 3. The van der Waals surface area contributed by atoms with Gasteiger partial charge in [-0.25, -0.2) is 0 Å². The van der Waals surface area contributed by atoms with Gasteiger partial charge in [-0.3, -0.25) is 4.79 Å². The lowest BCUT2D eigenvalue weighted by atomic mass is 9.88. The van der Waals surface area contributed by atoms with E-state index in [1.807, 2.05) is 0 Å². The molecule has 2 rings (SSSR count). The average molecular weight is 358 g/mol. The van der Waals surface area contributed by atoms with Crippen molar-refractivity contribution >= 4 is 5.91 Å². The maximum atomic E-state index is 13.4. The van der Waals surface area contributed by atoms with Crippen molar-refractivity contribution < 1.29 is 22.7 Å². The number of nitrogens with one attached hydrogen (secondary N) is 2. The summed E-state index contributed by atoms with van der Waals surface area (Å²) in [6.07, 6.45) is -4.51. The van der Waals surface area contributed by atoms with E-state index in [9.17, 15) is 18.0 Å². The third-order valence-electron chi connectivity index (χ3n) is 4.20. The summed E-state index contributed by atoms with van der Waals surface area (Å²) in [6, 6.07) is 3.85. The molecule has 0 radical (unpaired) electrons. The Labute approximate surface area is 146 Å². The Balaban J connectivity index is 2.12. The van der Waals surface area contributed by atoms with E-state index in [0.29, 0.717) is 0 Å². The molecule has 2 N–H and O–H groups in total.